The molecular weight excluding hydrogens is 540 g/mol. The zero-order chi connectivity index (χ0) is 27.1. The minimum absolute atomic E-state index is 0. The summed E-state index contributed by atoms with van der Waals surface area (Å²) in [6, 6.07) is 8.80. The number of hydrogen-bond acceptors (Lipinski definition) is 4. The number of rotatable bonds is 3. The second-order valence-electron chi connectivity index (χ2n) is 11.7. The van der Waals surface area contributed by atoms with Crippen LogP contribution in [0.3, 0.4) is 0 Å². The molecule has 8 heteroatoms. The minimum Gasteiger partial charge on any atom is -1.00 e. The number of benzene rings is 3. The van der Waals surface area contributed by atoms with Gasteiger partial charge in [-0.05, 0) is 80.0 Å². The lowest BCUT2D eigenvalue weighted by Crippen LogP contribution is -3.00. The highest BCUT2D eigenvalue weighted by Gasteiger charge is 2.36. The number of halogens is 1. The fourth-order valence-electron chi connectivity index (χ4n) is 7.87. The Morgan fingerprint density at radius 2 is 1.51 bits per heavy atom. The lowest BCUT2D eigenvalue weighted by molar-refractivity contribution is -0.0000384. The van der Waals surface area contributed by atoms with Crippen molar-refractivity contribution in [1.29, 1.82) is 0 Å². The van der Waals surface area contributed by atoms with Crippen molar-refractivity contribution < 1.29 is 36.9 Å². The summed E-state index contributed by atoms with van der Waals surface area (Å²) >= 11 is 0. The maximum atomic E-state index is 12.6. The van der Waals surface area contributed by atoms with Crippen LogP contribution in [0, 0.1) is 0 Å². The molecule has 0 unspecified atom stereocenters. The molecule has 0 radical (unpaired) electrons. The molecule has 0 bridgehead atoms. The predicted molar refractivity (Wildman–Crippen MR) is 151 cm³/mol. The Labute approximate surface area is 243 Å². The van der Waals surface area contributed by atoms with Gasteiger partial charge in [0.2, 0.25) is 5.36 Å². The third-order valence-electron chi connectivity index (χ3n) is 9.45. The standard InChI is InChI=1S/C33H30N2O5.ClH/c36-32(37)20-9-10-21(33(38)39)24(17-20)27-25-15-18-5-1-11-34-13-3-7-22(28(18)34)30(25)40-31-23-8-4-14-35-12-2-6-19(29(23)35)16-26(27)31;/h9-10,15-17H,1-8,11-14H2,(H-,36,37,38,39);1H. The Hall–Kier alpha value is -3.84. The maximum Gasteiger partial charge on any atom is 0.336 e. The van der Waals surface area contributed by atoms with Gasteiger partial charge in [-0.3, -0.25) is 0 Å². The molecular formula is C33H31ClN2O5. The number of carbonyl (C=O) groups is 2. The van der Waals surface area contributed by atoms with E-state index in [0.29, 0.717) is 5.56 Å². The van der Waals surface area contributed by atoms with Crippen LogP contribution in [0.1, 0.15) is 79.8 Å². The number of aryl methyl sites for hydroxylation is 2. The summed E-state index contributed by atoms with van der Waals surface area (Å²) in [6.07, 6.45) is 8.04. The smallest absolute Gasteiger partial charge is 0.336 e. The van der Waals surface area contributed by atoms with Crippen molar-refractivity contribution in [3.05, 3.63) is 85.4 Å². The highest BCUT2D eigenvalue weighted by Crippen LogP contribution is 2.48. The molecule has 210 valence electrons. The van der Waals surface area contributed by atoms with Gasteiger partial charge in [-0.2, -0.15) is 0 Å². The van der Waals surface area contributed by atoms with E-state index in [-0.39, 0.29) is 23.5 Å². The quantitative estimate of drug-likeness (QED) is 0.349. The van der Waals surface area contributed by atoms with Gasteiger partial charge in [0.25, 0.3) is 0 Å². The molecule has 0 amide bonds. The zero-order valence-corrected chi connectivity index (χ0v) is 23.5. The van der Waals surface area contributed by atoms with Crippen molar-refractivity contribution in [2.24, 2.45) is 0 Å². The van der Waals surface area contributed by atoms with Crippen molar-refractivity contribution in [2.45, 2.75) is 51.4 Å². The summed E-state index contributed by atoms with van der Waals surface area (Å²) in [5.74, 6) is -0.480. The van der Waals surface area contributed by atoms with Gasteiger partial charge in [0.15, 0.2) is 0 Å². The zero-order valence-electron chi connectivity index (χ0n) is 22.8. The predicted octanol–water partition coefficient (Wildman–Crippen LogP) is 0.522. The lowest BCUT2D eigenvalue weighted by atomic mass is 9.81. The molecule has 5 heterocycles. The Balaban J connectivity index is 0.00000276. The van der Waals surface area contributed by atoms with Crippen molar-refractivity contribution in [1.82, 2.24) is 4.58 Å². The van der Waals surface area contributed by atoms with E-state index in [0.717, 1.165) is 105 Å². The molecule has 5 aliphatic heterocycles. The number of aromatic carboxylic acids is 2. The maximum absolute atomic E-state index is 12.6. The van der Waals surface area contributed by atoms with Gasteiger partial charge in [0, 0.05) is 59.1 Å². The van der Waals surface area contributed by atoms with Gasteiger partial charge in [0.05, 0.1) is 16.7 Å². The molecule has 0 fully saturated rings. The SMILES string of the molecule is O=C(O)c1ccc(C(=O)O)c(C2=c3cc4c5c(c3Oc3c2cc2c6c3CCCN6CCC2)CCC[N+]=5CCC4)c1.[Cl-]. The van der Waals surface area contributed by atoms with E-state index in [9.17, 15) is 19.8 Å². The van der Waals surface area contributed by atoms with Crippen LogP contribution >= 0.6 is 0 Å². The first-order valence-corrected chi connectivity index (χ1v) is 14.5. The third kappa shape index (κ3) is 3.82. The van der Waals surface area contributed by atoms with Crippen LogP contribution in [0.2, 0.25) is 0 Å². The summed E-state index contributed by atoms with van der Waals surface area (Å²) < 4.78 is 9.50. The van der Waals surface area contributed by atoms with Gasteiger partial charge in [-0.1, -0.05) is 0 Å². The average Bonchev–Trinajstić information content (AvgIpc) is 2.96. The van der Waals surface area contributed by atoms with E-state index >= 15 is 0 Å². The second-order valence-corrected chi connectivity index (χ2v) is 11.7. The molecule has 3 aromatic carbocycles. The van der Waals surface area contributed by atoms with Crippen LogP contribution in [0.15, 0.2) is 30.3 Å². The first kappa shape index (κ1) is 26.1. The van der Waals surface area contributed by atoms with Crippen LogP contribution in [0.4, 0.5) is 5.69 Å². The molecule has 0 spiro atoms. The number of carboxylic acids is 2. The van der Waals surface area contributed by atoms with E-state index in [2.05, 4.69) is 21.6 Å². The molecule has 5 aliphatic rings. The average molecular weight is 571 g/mol. The fraction of sp³-hybridized carbons (Fsp3) is 0.364. The van der Waals surface area contributed by atoms with Gasteiger partial charge in [0.1, 0.15) is 24.6 Å². The number of carboxylic acid groups (broad SMARTS) is 2. The first-order valence-electron chi connectivity index (χ1n) is 14.5. The van der Waals surface area contributed by atoms with Crippen molar-refractivity contribution in [3.63, 3.8) is 0 Å². The molecule has 0 aromatic heterocycles. The number of ether oxygens (including phenoxy) is 1. The van der Waals surface area contributed by atoms with Crippen LogP contribution < -0.4 is 37.2 Å². The highest BCUT2D eigenvalue weighted by molar-refractivity contribution is 6.01. The first-order chi connectivity index (χ1) is 19.5. The van der Waals surface area contributed by atoms with Crippen molar-refractivity contribution >= 4 is 23.2 Å². The molecule has 0 saturated carbocycles. The topological polar surface area (TPSA) is 90.1 Å². The van der Waals surface area contributed by atoms with Crippen molar-refractivity contribution in [3.8, 4) is 11.5 Å². The van der Waals surface area contributed by atoms with Gasteiger partial charge in [-0.15, -0.1) is 0 Å². The fourth-order valence-corrected chi connectivity index (χ4v) is 7.87. The molecule has 0 aliphatic carbocycles. The Kier molecular flexibility index (Phi) is 6.12. The Morgan fingerprint density at radius 1 is 0.780 bits per heavy atom. The van der Waals surface area contributed by atoms with Crippen LogP contribution in [0.25, 0.3) is 5.57 Å². The lowest BCUT2D eigenvalue weighted by Gasteiger charge is -2.39. The van der Waals surface area contributed by atoms with E-state index < -0.39 is 11.9 Å². The molecule has 7 nitrogen and oxygen atoms in total. The van der Waals surface area contributed by atoms with Crippen LogP contribution in [-0.4, -0.2) is 48.3 Å². The summed E-state index contributed by atoms with van der Waals surface area (Å²) in [7, 11) is 0. The van der Waals surface area contributed by atoms with Crippen molar-refractivity contribution in [2.75, 3.05) is 31.1 Å². The summed E-state index contributed by atoms with van der Waals surface area (Å²) in [5.41, 5.74) is 8.61. The van der Waals surface area contributed by atoms with Gasteiger partial charge in [-0.25, -0.2) is 14.2 Å². The largest absolute Gasteiger partial charge is 1.00 e. The van der Waals surface area contributed by atoms with E-state index in [4.69, 9.17) is 4.74 Å². The van der Waals surface area contributed by atoms with E-state index in [1.165, 1.54) is 45.4 Å². The second kappa shape index (κ2) is 9.62. The van der Waals surface area contributed by atoms with Crippen LogP contribution in [-0.2, 0) is 25.7 Å². The number of hydrogen-bond donors (Lipinski definition) is 2. The van der Waals surface area contributed by atoms with E-state index in [1.54, 1.807) is 6.07 Å². The normalized spacial score (nSPS) is 17.8. The molecule has 0 saturated heterocycles. The summed E-state index contributed by atoms with van der Waals surface area (Å²) in [6.45, 7) is 4.18. The molecule has 41 heavy (non-hydrogen) atoms. The van der Waals surface area contributed by atoms with Crippen LogP contribution in [0.5, 0.6) is 11.5 Å². The van der Waals surface area contributed by atoms with Gasteiger partial charge < -0.3 is 32.3 Å². The Bertz CT molecular complexity index is 1810. The summed E-state index contributed by atoms with van der Waals surface area (Å²) in [5, 5.41) is 22.4. The number of anilines is 1. The number of nitrogens with zero attached hydrogens (tertiary/aromatic N) is 2. The minimum atomic E-state index is -1.07. The highest BCUT2D eigenvalue weighted by atomic mass is 35.5. The molecule has 0 atom stereocenters. The molecule has 8 rings (SSSR count). The number of fused-ring (bicyclic) bond motifs is 4. The van der Waals surface area contributed by atoms with Gasteiger partial charge >= 0.3 is 11.9 Å². The van der Waals surface area contributed by atoms with E-state index in [1.807, 2.05) is 0 Å². The monoisotopic (exact) mass is 570 g/mol. The molecule has 3 aromatic rings. The molecule has 2 N–H and O–H groups in total. The summed E-state index contributed by atoms with van der Waals surface area (Å²) in [4.78, 5) is 27.2. The third-order valence-corrected chi connectivity index (χ3v) is 9.45. The Morgan fingerprint density at radius 3 is 2.29 bits per heavy atom.